The van der Waals surface area contributed by atoms with Gasteiger partial charge in [0.05, 0.1) is 5.56 Å². The van der Waals surface area contributed by atoms with Gasteiger partial charge in [0, 0.05) is 12.6 Å². The molecule has 1 saturated heterocycles. The molecule has 0 spiro atoms. The van der Waals surface area contributed by atoms with Crippen molar-refractivity contribution in [1.29, 1.82) is 0 Å². The van der Waals surface area contributed by atoms with E-state index in [-0.39, 0.29) is 0 Å². The van der Waals surface area contributed by atoms with E-state index in [0.29, 0.717) is 11.6 Å². The van der Waals surface area contributed by atoms with Crippen LogP contribution < -0.4 is 0 Å². The highest BCUT2D eigenvalue weighted by molar-refractivity contribution is 5.87. The quantitative estimate of drug-likeness (QED) is 0.877. The molecule has 1 N–H and O–H groups in total. The van der Waals surface area contributed by atoms with Crippen LogP contribution in [0.1, 0.15) is 40.7 Å². The normalized spacial score (nSPS) is 18.2. The van der Waals surface area contributed by atoms with Gasteiger partial charge in [-0.3, -0.25) is 4.90 Å². The van der Waals surface area contributed by atoms with Gasteiger partial charge in [0.15, 0.2) is 0 Å². The second-order valence-corrected chi connectivity index (χ2v) is 6.30. The third kappa shape index (κ3) is 4.20. The lowest BCUT2D eigenvalue weighted by atomic mass is 10.0. The Morgan fingerprint density at radius 3 is 2.65 bits per heavy atom. The smallest absolute Gasteiger partial charge is 0.335 e. The molecule has 0 bridgehead atoms. The Labute approximate surface area is 137 Å². The largest absolute Gasteiger partial charge is 0.478 e. The molecule has 0 radical (unpaired) electrons. The van der Waals surface area contributed by atoms with Crippen LogP contribution in [0.2, 0.25) is 0 Å². The minimum Gasteiger partial charge on any atom is -0.478 e. The summed E-state index contributed by atoms with van der Waals surface area (Å²) in [6.45, 7) is 1.96. The van der Waals surface area contributed by atoms with Crippen LogP contribution in [-0.4, -0.2) is 28.6 Å². The molecule has 3 nitrogen and oxygen atoms in total. The molecule has 0 aliphatic carbocycles. The lowest BCUT2D eigenvalue weighted by Gasteiger charge is -2.24. The highest BCUT2D eigenvalue weighted by Gasteiger charge is 2.24. The van der Waals surface area contributed by atoms with Crippen LogP contribution in [0.4, 0.5) is 0 Å². The van der Waals surface area contributed by atoms with Crippen LogP contribution >= 0.6 is 0 Å². The molecule has 1 atom stereocenters. The van der Waals surface area contributed by atoms with Crippen LogP contribution in [0, 0.1) is 0 Å². The van der Waals surface area contributed by atoms with Crippen molar-refractivity contribution in [3.63, 3.8) is 0 Å². The fraction of sp³-hybridized carbons (Fsp3) is 0.350. The average molecular weight is 309 g/mol. The number of carboxylic acids is 1. The second kappa shape index (κ2) is 7.42. The molecule has 1 fully saturated rings. The number of aromatic carboxylic acids is 1. The van der Waals surface area contributed by atoms with E-state index in [1.165, 1.54) is 24.8 Å². The van der Waals surface area contributed by atoms with Gasteiger partial charge in [-0.1, -0.05) is 42.5 Å². The number of nitrogens with zero attached hydrogens (tertiary/aromatic N) is 1. The molecule has 120 valence electrons. The van der Waals surface area contributed by atoms with Crippen LogP contribution in [0.15, 0.2) is 54.6 Å². The fourth-order valence-electron chi connectivity index (χ4n) is 3.45. The van der Waals surface area contributed by atoms with Gasteiger partial charge in [0.25, 0.3) is 0 Å². The van der Waals surface area contributed by atoms with Crippen LogP contribution in [0.3, 0.4) is 0 Å². The molecular formula is C20H23NO2. The number of likely N-dealkylation sites (tertiary alicyclic amines) is 1. The average Bonchev–Trinajstić information content (AvgIpc) is 3.01. The van der Waals surface area contributed by atoms with Gasteiger partial charge >= 0.3 is 5.97 Å². The van der Waals surface area contributed by atoms with E-state index in [0.717, 1.165) is 25.1 Å². The number of rotatable bonds is 6. The fourth-order valence-corrected chi connectivity index (χ4v) is 3.45. The number of hydrogen-bond donors (Lipinski definition) is 1. The Bertz CT molecular complexity index is 654. The maximum absolute atomic E-state index is 11.1. The van der Waals surface area contributed by atoms with Crippen LogP contribution in [0.5, 0.6) is 0 Å². The number of aryl methyl sites for hydroxylation is 1. The zero-order chi connectivity index (χ0) is 16.1. The molecule has 3 rings (SSSR count). The molecule has 1 unspecified atom stereocenters. The van der Waals surface area contributed by atoms with E-state index in [9.17, 15) is 4.79 Å². The first-order valence-corrected chi connectivity index (χ1v) is 8.32. The molecular weight excluding hydrogens is 286 g/mol. The third-order valence-corrected chi connectivity index (χ3v) is 4.67. The van der Waals surface area contributed by atoms with Crippen LogP contribution in [-0.2, 0) is 13.0 Å². The molecule has 3 heteroatoms. The molecule has 0 saturated carbocycles. The Balaban J connectivity index is 1.60. The molecule has 1 aliphatic rings. The molecule has 0 amide bonds. The SMILES string of the molecule is O=C(O)c1cccc(CN2CCCC2CCc2ccccc2)c1. The standard InChI is InChI=1S/C20H23NO2/c22-20(23)18-9-4-8-17(14-18)15-21-13-5-10-19(21)12-11-16-6-2-1-3-7-16/h1-4,6-9,14,19H,5,10-13,15H2,(H,22,23). The lowest BCUT2D eigenvalue weighted by Crippen LogP contribution is -2.29. The number of carbonyl (C=O) groups is 1. The molecule has 2 aromatic carbocycles. The van der Waals surface area contributed by atoms with Crippen LogP contribution in [0.25, 0.3) is 0 Å². The van der Waals surface area contributed by atoms with Crippen molar-refractivity contribution in [3.05, 3.63) is 71.3 Å². The summed E-state index contributed by atoms with van der Waals surface area (Å²) in [5.41, 5.74) is 2.87. The summed E-state index contributed by atoms with van der Waals surface area (Å²) in [6, 6.07) is 18.6. The van der Waals surface area contributed by atoms with Crippen molar-refractivity contribution in [1.82, 2.24) is 4.90 Å². The van der Waals surface area contributed by atoms with Crippen molar-refractivity contribution in [3.8, 4) is 0 Å². The van der Waals surface area contributed by atoms with Crippen molar-refractivity contribution in [2.45, 2.75) is 38.3 Å². The van der Waals surface area contributed by atoms with Gasteiger partial charge in [-0.2, -0.15) is 0 Å². The van der Waals surface area contributed by atoms with Crippen molar-refractivity contribution in [2.24, 2.45) is 0 Å². The van der Waals surface area contributed by atoms with E-state index in [2.05, 4.69) is 35.2 Å². The van der Waals surface area contributed by atoms with Gasteiger partial charge in [-0.25, -0.2) is 4.79 Å². The van der Waals surface area contributed by atoms with Gasteiger partial charge in [-0.05, 0) is 55.5 Å². The van der Waals surface area contributed by atoms with E-state index in [1.807, 2.05) is 12.1 Å². The van der Waals surface area contributed by atoms with Crippen molar-refractivity contribution < 1.29 is 9.90 Å². The van der Waals surface area contributed by atoms with E-state index < -0.39 is 5.97 Å². The predicted octanol–water partition coefficient (Wildman–Crippen LogP) is 3.98. The Morgan fingerprint density at radius 1 is 1.09 bits per heavy atom. The minimum atomic E-state index is -0.853. The van der Waals surface area contributed by atoms with E-state index >= 15 is 0 Å². The van der Waals surface area contributed by atoms with Gasteiger partial charge < -0.3 is 5.11 Å². The van der Waals surface area contributed by atoms with Crippen molar-refractivity contribution >= 4 is 5.97 Å². The summed E-state index contributed by atoms with van der Waals surface area (Å²) < 4.78 is 0. The summed E-state index contributed by atoms with van der Waals surface area (Å²) in [7, 11) is 0. The summed E-state index contributed by atoms with van der Waals surface area (Å²) >= 11 is 0. The molecule has 1 heterocycles. The van der Waals surface area contributed by atoms with Gasteiger partial charge in [0.2, 0.25) is 0 Å². The summed E-state index contributed by atoms with van der Waals surface area (Å²) in [4.78, 5) is 13.6. The minimum absolute atomic E-state index is 0.377. The highest BCUT2D eigenvalue weighted by atomic mass is 16.4. The second-order valence-electron chi connectivity index (χ2n) is 6.30. The maximum Gasteiger partial charge on any atom is 0.335 e. The highest BCUT2D eigenvalue weighted by Crippen LogP contribution is 2.24. The molecule has 23 heavy (non-hydrogen) atoms. The van der Waals surface area contributed by atoms with Crippen molar-refractivity contribution in [2.75, 3.05) is 6.54 Å². The molecule has 1 aliphatic heterocycles. The molecule has 2 aromatic rings. The lowest BCUT2D eigenvalue weighted by molar-refractivity contribution is 0.0696. The first-order valence-electron chi connectivity index (χ1n) is 8.32. The first kappa shape index (κ1) is 15.8. The van der Waals surface area contributed by atoms with E-state index in [4.69, 9.17) is 5.11 Å². The zero-order valence-electron chi connectivity index (χ0n) is 13.3. The maximum atomic E-state index is 11.1. The predicted molar refractivity (Wildman–Crippen MR) is 91.6 cm³/mol. The summed E-state index contributed by atoms with van der Waals surface area (Å²) in [5.74, 6) is -0.853. The monoisotopic (exact) mass is 309 g/mol. The van der Waals surface area contributed by atoms with E-state index in [1.54, 1.807) is 12.1 Å². The van der Waals surface area contributed by atoms with Gasteiger partial charge in [-0.15, -0.1) is 0 Å². The Morgan fingerprint density at radius 2 is 1.87 bits per heavy atom. The Kier molecular flexibility index (Phi) is 5.09. The number of benzene rings is 2. The number of hydrogen-bond acceptors (Lipinski definition) is 2. The van der Waals surface area contributed by atoms with Gasteiger partial charge in [0.1, 0.15) is 0 Å². The number of carboxylic acid groups (broad SMARTS) is 1. The topological polar surface area (TPSA) is 40.5 Å². The summed E-state index contributed by atoms with van der Waals surface area (Å²) in [5, 5.41) is 9.12. The first-order chi connectivity index (χ1) is 11.2. The summed E-state index contributed by atoms with van der Waals surface area (Å²) in [6.07, 6.45) is 4.75. The molecule has 0 aromatic heterocycles. The third-order valence-electron chi connectivity index (χ3n) is 4.67. The Hall–Kier alpha value is -2.13. The zero-order valence-corrected chi connectivity index (χ0v) is 13.3.